The van der Waals surface area contributed by atoms with Crippen molar-refractivity contribution >= 4 is 5.82 Å². The van der Waals surface area contributed by atoms with Crippen molar-refractivity contribution in [2.24, 2.45) is 0 Å². The standard InChI is InChI=1S/C16H20N4O2/c1-9-4-12(21)15(17-8-9)14-10(2)5-13(19-20-14)18-11-6-16(3,22)7-11/h4-5,8,11,21-22H,6-7H2,1-3H3,(H,18,19)/t11-,16+. The maximum atomic E-state index is 10.0. The Morgan fingerprint density at radius 1 is 1.18 bits per heavy atom. The van der Waals surface area contributed by atoms with Crippen LogP contribution in [-0.4, -0.2) is 37.0 Å². The molecule has 0 aliphatic heterocycles. The van der Waals surface area contributed by atoms with Gasteiger partial charge in [0.2, 0.25) is 0 Å². The fraction of sp³-hybridized carbons (Fsp3) is 0.438. The molecule has 3 rings (SSSR count). The van der Waals surface area contributed by atoms with E-state index in [4.69, 9.17) is 0 Å². The van der Waals surface area contributed by atoms with Gasteiger partial charge in [-0.05, 0) is 56.9 Å². The van der Waals surface area contributed by atoms with Crippen molar-refractivity contribution in [1.82, 2.24) is 15.2 Å². The van der Waals surface area contributed by atoms with Gasteiger partial charge in [-0.15, -0.1) is 10.2 Å². The van der Waals surface area contributed by atoms with Crippen LogP contribution in [0, 0.1) is 13.8 Å². The largest absolute Gasteiger partial charge is 0.506 e. The number of aliphatic hydroxyl groups is 1. The zero-order valence-electron chi connectivity index (χ0n) is 13.0. The number of hydrogen-bond acceptors (Lipinski definition) is 6. The maximum Gasteiger partial charge on any atom is 0.149 e. The maximum absolute atomic E-state index is 10.0. The van der Waals surface area contributed by atoms with E-state index < -0.39 is 5.60 Å². The van der Waals surface area contributed by atoms with Crippen LogP contribution in [0.2, 0.25) is 0 Å². The number of nitrogens with one attached hydrogen (secondary N) is 1. The van der Waals surface area contributed by atoms with Gasteiger partial charge in [-0.25, -0.2) is 0 Å². The van der Waals surface area contributed by atoms with Gasteiger partial charge in [-0.1, -0.05) is 0 Å². The molecule has 6 nitrogen and oxygen atoms in total. The lowest BCUT2D eigenvalue weighted by atomic mass is 9.77. The smallest absolute Gasteiger partial charge is 0.149 e. The molecule has 0 unspecified atom stereocenters. The normalized spacial score (nSPS) is 23.9. The first-order valence-corrected chi connectivity index (χ1v) is 7.33. The van der Waals surface area contributed by atoms with Gasteiger partial charge in [0.15, 0.2) is 0 Å². The molecule has 22 heavy (non-hydrogen) atoms. The van der Waals surface area contributed by atoms with E-state index in [1.54, 1.807) is 12.3 Å². The number of nitrogens with zero attached hydrogens (tertiary/aromatic N) is 3. The van der Waals surface area contributed by atoms with Crippen molar-refractivity contribution in [3.05, 3.63) is 29.5 Å². The average Bonchev–Trinajstić information content (AvgIpc) is 2.38. The van der Waals surface area contributed by atoms with E-state index in [0.29, 0.717) is 30.0 Å². The predicted molar refractivity (Wildman–Crippen MR) is 83.7 cm³/mol. The summed E-state index contributed by atoms with van der Waals surface area (Å²) in [5.41, 5.74) is 2.22. The van der Waals surface area contributed by atoms with Crippen LogP contribution in [0.15, 0.2) is 18.3 Å². The third-order valence-electron chi connectivity index (χ3n) is 3.94. The Morgan fingerprint density at radius 3 is 2.50 bits per heavy atom. The fourth-order valence-electron chi connectivity index (χ4n) is 2.84. The van der Waals surface area contributed by atoms with Crippen molar-refractivity contribution in [1.29, 1.82) is 0 Å². The summed E-state index contributed by atoms with van der Waals surface area (Å²) in [6.45, 7) is 5.61. The molecule has 1 saturated carbocycles. The Labute approximate surface area is 129 Å². The summed E-state index contributed by atoms with van der Waals surface area (Å²) in [6, 6.07) is 3.77. The second-order valence-electron chi connectivity index (χ2n) is 6.39. The van der Waals surface area contributed by atoms with Crippen LogP contribution < -0.4 is 5.32 Å². The lowest BCUT2D eigenvalue weighted by Gasteiger charge is -2.41. The van der Waals surface area contributed by atoms with Crippen LogP contribution in [0.3, 0.4) is 0 Å². The summed E-state index contributed by atoms with van der Waals surface area (Å²) in [7, 11) is 0. The summed E-state index contributed by atoms with van der Waals surface area (Å²) in [4.78, 5) is 4.24. The van der Waals surface area contributed by atoms with Gasteiger partial charge < -0.3 is 15.5 Å². The lowest BCUT2D eigenvalue weighted by Crippen LogP contribution is -2.48. The predicted octanol–water partition coefficient (Wildman–Crippen LogP) is 2.19. The highest BCUT2D eigenvalue weighted by molar-refractivity contribution is 5.66. The van der Waals surface area contributed by atoms with Gasteiger partial charge in [0.25, 0.3) is 0 Å². The van der Waals surface area contributed by atoms with Crippen LogP contribution in [0.4, 0.5) is 5.82 Å². The second kappa shape index (κ2) is 5.21. The third kappa shape index (κ3) is 2.87. The molecular formula is C16H20N4O2. The number of hydrogen-bond donors (Lipinski definition) is 3. The van der Waals surface area contributed by atoms with E-state index in [1.165, 1.54) is 0 Å². The van der Waals surface area contributed by atoms with E-state index in [-0.39, 0.29) is 11.8 Å². The zero-order valence-corrected chi connectivity index (χ0v) is 13.0. The molecule has 0 amide bonds. The van der Waals surface area contributed by atoms with Gasteiger partial charge in [0.05, 0.1) is 5.60 Å². The molecule has 1 fully saturated rings. The number of aryl methyl sites for hydroxylation is 2. The van der Waals surface area contributed by atoms with Crippen molar-refractivity contribution in [2.75, 3.05) is 5.32 Å². The first-order valence-electron chi connectivity index (χ1n) is 7.33. The van der Waals surface area contributed by atoms with E-state index in [2.05, 4.69) is 20.5 Å². The van der Waals surface area contributed by atoms with Gasteiger partial charge in [0.1, 0.15) is 23.0 Å². The fourth-order valence-corrected chi connectivity index (χ4v) is 2.84. The minimum absolute atomic E-state index is 0.105. The molecule has 3 N–H and O–H groups in total. The molecule has 1 aliphatic rings. The lowest BCUT2D eigenvalue weighted by molar-refractivity contribution is -0.0235. The molecule has 0 bridgehead atoms. The first kappa shape index (κ1) is 14.7. The van der Waals surface area contributed by atoms with Gasteiger partial charge >= 0.3 is 0 Å². The number of anilines is 1. The Balaban J connectivity index is 1.80. The summed E-state index contributed by atoms with van der Waals surface area (Å²) < 4.78 is 0. The van der Waals surface area contributed by atoms with Crippen molar-refractivity contribution in [3.8, 4) is 17.1 Å². The van der Waals surface area contributed by atoms with E-state index >= 15 is 0 Å². The summed E-state index contributed by atoms with van der Waals surface area (Å²) >= 11 is 0. The Morgan fingerprint density at radius 2 is 1.91 bits per heavy atom. The summed E-state index contributed by atoms with van der Waals surface area (Å²) in [6.07, 6.45) is 3.10. The van der Waals surface area contributed by atoms with Gasteiger partial charge in [0, 0.05) is 12.2 Å². The van der Waals surface area contributed by atoms with Crippen LogP contribution in [0.1, 0.15) is 30.9 Å². The van der Waals surface area contributed by atoms with Crippen molar-refractivity contribution in [2.45, 2.75) is 45.3 Å². The molecule has 1 aliphatic carbocycles. The number of rotatable bonds is 3. The van der Waals surface area contributed by atoms with Crippen LogP contribution in [-0.2, 0) is 0 Å². The van der Waals surface area contributed by atoms with Gasteiger partial charge in [-0.3, -0.25) is 4.98 Å². The molecule has 6 heteroatoms. The molecule has 2 heterocycles. The number of aromatic hydroxyl groups is 1. The Hall–Kier alpha value is -2.21. The molecule has 0 saturated heterocycles. The number of pyridine rings is 1. The van der Waals surface area contributed by atoms with Crippen molar-refractivity contribution < 1.29 is 10.2 Å². The minimum atomic E-state index is -0.572. The highest BCUT2D eigenvalue weighted by Crippen LogP contribution is 2.34. The summed E-state index contributed by atoms with van der Waals surface area (Å²) in [5.74, 6) is 0.779. The van der Waals surface area contributed by atoms with Gasteiger partial charge in [-0.2, -0.15) is 0 Å². The second-order valence-corrected chi connectivity index (χ2v) is 6.39. The molecule has 2 aromatic rings. The topological polar surface area (TPSA) is 91.2 Å². The van der Waals surface area contributed by atoms with Crippen LogP contribution in [0.25, 0.3) is 11.4 Å². The quantitative estimate of drug-likeness (QED) is 0.805. The molecule has 0 spiro atoms. The van der Waals surface area contributed by atoms with Crippen molar-refractivity contribution in [3.63, 3.8) is 0 Å². The monoisotopic (exact) mass is 300 g/mol. The minimum Gasteiger partial charge on any atom is -0.506 e. The number of aromatic nitrogens is 3. The molecule has 2 aromatic heterocycles. The van der Waals surface area contributed by atoms with E-state index in [0.717, 1.165) is 11.1 Å². The van der Waals surface area contributed by atoms with E-state index in [1.807, 2.05) is 26.8 Å². The molecule has 116 valence electrons. The highest BCUT2D eigenvalue weighted by Gasteiger charge is 2.38. The Kier molecular flexibility index (Phi) is 3.48. The van der Waals surface area contributed by atoms with Crippen LogP contribution >= 0.6 is 0 Å². The molecular weight excluding hydrogens is 280 g/mol. The first-order chi connectivity index (χ1) is 10.3. The zero-order chi connectivity index (χ0) is 15.9. The van der Waals surface area contributed by atoms with E-state index in [9.17, 15) is 10.2 Å². The molecule has 0 radical (unpaired) electrons. The Bertz CT molecular complexity index is 707. The molecule has 0 aromatic carbocycles. The summed E-state index contributed by atoms with van der Waals surface area (Å²) in [5, 5.41) is 31.4. The third-order valence-corrected chi connectivity index (χ3v) is 3.94. The average molecular weight is 300 g/mol. The molecule has 0 atom stereocenters. The SMILES string of the molecule is Cc1cnc(-c2nnc(N[C@H]3C[C@@](C)(O)C3)cc2C)c(O)c1. The highest BCUT2D eigenvalue weighted by atomic mass is 16.3. The van der Waals surface area contributed by atoms with Crippen LogP contribution in [0.5, 0.6) is 5.75 Å².